The molecule has 0 saturated heterocycles. The standard InChI is InChI=1S/C9H10N2O5/c1-15-6-4-3-5(9(10)12)7(11(13)14)8(6)16-2/h3-4H,1-2H3,(H2,10,12). The van der Waals surface area contributed by atoms with Crippen LogP contribution in [0.4, 0.5) is 5.69 Å². The molecule has 0 aliphatic carbocycles. The number of carbonyl (C=O) groups is 1. The van der Waals surface area contributed by atoms with Gasteiger partial charge in [-0.3, -0.25) is 14.9 Å². The predicted molar refractivity (Wildman–Crippen MR) is 54.7 cm³/mol. The van der Waals surface area contributed by atoms with E-state index in [0.717, 1.165) is 0 Å². The van der Waals surface area contributed by atoms with E-state index >= 15 is 0 Å². The number of nitro groups is 1. The number of carbonyl (C=O) groups excluding carboxylic acids is 1. The summed E-state index contributed by atoms with van der Waals surface area (Å²) in [6.07, 6.45) is 0. The first-order valence-electron chi connectivity index (χ1n) is 4.22. The molecular weight excluding hydrogens is 216 g/mol. The van der Waals surface area contributed by atoms with Crippen molar-refractivity contribution in [1.82, 2.24) is 0 Å². The smallest absolute Gasteiger partial charge is 0.327 e. The number of primary amides is 1. The van der Waals surface area contributed by atoms with Crippen LogP contribution < -0.4 is 15.2 Å². The fourth-order valence-electron chi connectivity index (χ4n) is 1.29. The zero-order valence-corrected chi connectivity index (χ0v) is 8.72. The van der Waals surface area contributed by atoms with Crippen molar-refractivity contribution in [3.8, 4) is 11.5 Å². The Morgan fingerprint density at radius 1 is 1.38 bits per heavy atom. The molecule has 0 radical (unpaired) electrons. The SMILES string of the molecule is COc1ccc(C(N)=O)c([N+](=O)[O-])c1OC. The molecule has 0 saturated carbocycles. The number of nitrogens with zero attached hydrogens (tertiary/aromatic N) is 1. The van der Waals surface area contributed by atoms with Gasteiger partial charge in [0, 0.05) is 0 Å². The number of rotatable bonds is 4. The number of nitro benzene ring substituents is 1. The van der Waals surface area contributed by atoms with Crippen LogP contribution in [0.2, 0.25) is 0 Å². The van der Waals surface area contributed by atoms with Gasteiger partial charge in [0.15, 0.2) is 5.75 Å². The highest BCUT2D eigenvalue weighted by atomic mass is 16.6. The van der Waals surface area contributed by atoms with Crippen LogP contribution in [0.3, 0.4) is 0 Å². The second kappa shape index (κ2) is 4.47. The summed E-state index contributed by atoms with van der Waals surface area (Å²) in [5.74, 6) is -0.851. The van der Waals surface area contributed by atoms with Crippen LogP contribution in [0, 0.1) is 10.1 Å². The molecule has 1 aromatic carbocycles. The Balaban J connectivity index is 3.56. The van der Waals surface area contributed by atoms with E-state index in [2.05, 4.69) is 0 Å². The van der Waals surface area contributed by atoms with Crippen molar-refractivity contribution >= 4 is 11.6 Å². The van der Waals surface area contributed by atoms with Crippen molar-refractivity contribution in [2.75, 3.05) is 14.2 Å². The number of methoxy groups -OCH3 is 2. The van der Waals surface area contributed by atoms with Crippen LogP contribution in [0.5, 0.6) is 11.5 Å². The molecular formula is C9H10N2O5. The van der Waals surface area contributed by atoms with E-state index in [-0.39, 0.29) is 17.1 Å². The fourth-order valence-corrected chi connectivity index (χ4v) is 1.29. The maximum Gasteiger partial charge on any atom is 0.327 e. The Morgan fingerprint density at radius 2 is 2.00 bits per heavy atom. The Labute approximate surface area is 90.9 Å². The Morgan fingerprint density at radius 3 is 2.38 bits per heavy atom. The minimum absolute atomic E-state index is 0.121. The molecule has 1 aromatic rings. The van der Waals surface area contributed by atoms with Gasteiger partial charge in [0.05, 0.1) is 19.1 Å². The van der Waals surface area contributed by atoms with Gasteiger partial charge in [-0.1, -0.05) is 0 Å². The molecule has 1 amide bonds. The summed E-state index contributed by atoms with van der Waals surface area (Å²) in [4.78, 5) is 21.1. The van der Waals surface area contributed by atoms with Crippen molar-refractivity contribution in [2.24, 2.45) is 5.73 Å². The Bertz CT molecular complexity index is 444. The van der Waals surface area contributed by atoms with Crippen molar-refractivity contribution in [1.29, 1.82) is 0 Å². The fraction of sp³-hybridized carbons (Fsp3) is 0.222. The van der Waals surface area contributed by atoms with Crippen molar-refractivity contribution in [2.45, 2.75) is 0 Å². The third-order valence-corrected chi connectivity index (χ3v) is 1.97. The van der Waals surface area contributed by atoms with Crippen LogP contribution in [0.15, 0.2) is 12.1 Å². The molecule has 16 heavy (non-hydrogen) atoms. The highest BCUT2D eigenvalue weighted by molar-refractivity contribution is 5.98. The normalized spacial score (nSPS) is 9.62. The molecule has 7 nitrogen and oxygen atoms in total. The number of hydrogen-bond donors (Lipinski definition) is 1. The van der Waals surface area contributed by atoms with Gasteiger partial charge in [-0.25, -0.2) is 0 Å². The van der Waals surface area contributed by atoms with Crippen molar-refractivity contribution in [3.63, 3.8) is 0 Å². The molecule has 0 aliphatic rings. The van der Waals surface area contributed by atoms with Gasteiger partial charge in [-0.2, -0.15) is 0 Å². The van der Waals surface area contributed by atoms with Gasteiger partial charge < -0.3 is 15.2 Å². The molecule has 0 aromatic heterocycles. The first-order valence-corrected chi connectivity index (χ1v) is 4.22. The summed E-state index contributed by atoms with van der Waals surface area (Å²) in [5.41, 5.74) is 4.32. The first-order chi connectivity index (χ1) is 7.52. The summed E-state index contributed by atoms with van der Waals surface area (Å²) < 4.78 is 9.73. The quantitative estimate of drug-likeness (QED) is 0.601. The number of hydrogen-bond acceptors (Lipinski definition) is 5. The van der Waals surface area contributed by atoms with E-state index in [1.54, 1.807) is 0 Å². The number of ether oxygens (including phenoxy) is 2. The predicted octanol–water partition coefficient (Wildman–Crippen LogP) is 0.711. The van der Waals surface area contributed by atoms with Gasteiger partial charge in [-0.15, -0.1) is 0 Å². The first kappa shape index (κ1) is 11.8. The van der Waals surface area contributed by atoms with Gasteiger partial charge in [0.1, 0.15) is 5.56 Å². The van der Waals surface area contributed by atoms with Crippen molar-refractivity contribution < 1.29 is 19.2 Å². The second-order valence-corrected chi connectivity index (χ2v) is 2.82. The van der Waals surface area contributed by atoms with Gasteiger partial charge in [-0.05, 0) is 12.1 Å². The molecule has 1 rings (SSSR count). The lowest BCUT2D eigenvalue weighted by molar-refractivity contribution is -0.386. The van der Waals surface area contributed by atoms with Gasteiger partial charge in [0.2, 0.25) is 5.75 Å². The molecule has 0 bridgehead atoms. The molecule has 86 valence electrons. The summed E-state index contributed by atoms with van der Waals surface area (Å²) in [6.45, 7) is 0. The summed E-state index contributed by atoms with van der Waals surface area (Å²) in [5, 5.41) is 10.8. The van der Waals surface area contributed by atoms with Crippen LogP contribution in [-0.2, 0) is 0 Å². The van der Waals surface area contributed by atoms with E-state index in [1.807, 2.05) is 0 Å². The van der Waals surface area contributed by atoms with E-state index in [0.29, 0.717) is 0 Å². The minimum atomic E-state index is -0.896. The Kier molecular flexibility index (Phi) is 3.29. The minimum Gasteiger partial charge on any atom is -0.493 e. The zero-order chi connectivity index (χ0) is 12.3. The highest BCUT2D eigenvalue weighted by Crippen LogP contribution is 2.39. The largest absolute Gasteiger partial charge is 0.493 e. The monoisotopic (exact) mass is 226 g/mol. The third kappa shape index (κ3) is 1.88. The lowest BCUT2D eigenvalue weighted by Gasteiger charge is -2.09. The van der Waals surface area contributed by atoms with Gasteiger partial charge >= 0.3 is 5.69 Å². The van der Waals surface area contributed by atoms with E-state index in [9.17, 15) is 14.9 Å². The average molecular weight is 226 g/mol. The average Bonchev–Trinajstić information content (AvgIpc) is 2.26. The lowest BCUT2D eigenvalue weighted by Crippen LogP contribution is -2.14. The molecule has 0 heterocycles. The third-order valence-electron chi connectivity index (χ3n) is 1.97. The molecule has 0 aliphatic heterocycles. The number of nitrogens with two attached hydrogens (primary N) is 1. The van der Waals surface area contributed by atoms with E-state index in [4.69, 9.17) is 15.2 Å². The maximum atomic E-state index is 11.0. The van der Waals surface area contributed by atoms with E-state index in [1.165, 1.54) is 26.4 Å². The molecule has 7 heteroatoms. The molecule has 0 unspecified atom stereocenters. The molecule has 0 atom stereocenters. The van der Waals surface area contributed by atoms with Crippen LogP contribution >= 0.6 is 0 Å². The summed E-state index contributed by atoms with van der Waals surface area (Å²) in [7, 11) is 2.58. The number of benzene rings is 1. The Hall–Kier alpha value is -2.31. The maximum absolute atomic E-state index is 11.0. The highest BCUT2D eigenvalue weighted by Gasteiger charge is 2.27. The molecule has 0 spiro atoms. The van der Waals surface area contributed by atoms with Gasteiger partial charge in [0.25, 0.3) is 5.91 Å². The van der Waals surface area contributed by atoms with Crippen LogP contribution in [0.25, 0.3) is 0 Å². The summed E-state index contributed by atoms with van der Waals surface area (Å²) in [6, 6.07) is 2.60. The molecule has 2 N–H and O–H groups in total. The second-order valence-electron chi connectivity index (χ2n) is 2.82. The molecule has 0 fully saturated rings. The van der Waals surface area contributed by atoms with Crippen LogP contribution in [0.1, 0.15) is 10.4 Å². The summed E-state index contributed by atoms with van der Waals surface area (Å²) >= 11 is 0. The topological polar surface area (TPSA) is 105 Å². The number of amides is 1. The zero-order valence-electron chi connectivity index (χ0n) is 8.72. The van der Waals surface area contributed by atoms with Crippen LogP contribution in [-0.4, -0.2) is 25.1 Å². The van der Waals surface area contributed by atoms with E-state index < -0.39 is 16.5 Å². The van der Waals surface area contributed by atoms with Crippen molar-refractivity contribution in [3.05, 3.63) is 27.8 Å². The lowest BCUT2D eigenvalue weighted by atomic mass is 10.1.